The second-order valence-corrected chi connectivity index (χ2v) is 6.59. The highest BCUT2D eigenvalue weighted by Gasteiger charge is 2.18. The highest BCUT2D eigenvalue weighted by molar-refractivity contribution is 9.10. The maximum Gasteiger partial charge on any atom is 0.133 e. The fourth-order valence-corrected chi connectivity index (χ4v) is 3.57. The Bertz CT molecular complexity index is 408. The van der Waals surface area contributed by atoms with Crippen LogP contribution in [0.15, 0.2) is 22.7 Å². The molecule has 1 aliphatic rings. The zero-order valence-electron chi connectivity index (χ0n) is 11.9. The summed E-state index contributed by atoms with van der Waals surface area (Å²) in [7, 11) is 1.70. The number of methoxy groups -OCH3 is 1. The third-order valence-electron chi connectivity index (χ3n) is 4.02. The van der Waals surface area contributed by atoms with Gasteiger partial charge >= 0.3 is 0 Å². The molecule has 0 saturated heterocycles. The van der Waals surface area contributed by atoms with E-state index in [1.54, 1.807) is 7.11 Å². The molecule has 0 radical (unpaired) electrons. The van der Waals surface area contributed by atoms with Crippen LogP contribution < -0.4 is 10.1 Å². The maximum absolute atomic E-state index is 5.24. The van der Waals surface area contributed by atoms with E-state index in [0.29, 0.717) is 0 Å². The molecule has 2 rings (SSSR count). The Morgan fingerprint density at radius 1 is 1.37 bits per heavy atom. The normalized spacial score (nSPS) is 23.3. The first-order chi connectivity index (χ1) is 9.19. The minimum Gasteiger partial charge on any atom is -0.496 e. The number of nitrogens with one attached hydrogen (secondary N) is 1. The molecule has 19 heavy (non-hydrogen) atoms. The molecular formula is C16H24BrNO. The summed E-state index contributed by atoms with van der Waals surface area (Å²) in [5.41, 5.74) is 1.30. The molecule has 2 atom stereocenters. The van der Waals surface area contributed by atoms with E-state index in [-0.39, 0.29) is 0 Å². The van der Waals surface area contributed by atoms with Crippen LogP contribution in [-0.2, 0) is 6.54 Å². The predicted octanol–water partition coefficient (Wildman–Crippen LogP) is 4.37. The Morgan fingerprint density at radius 2 is 2.21 bits per heavy atom. The van der Waals surface area contributed by atoms with Crippen LogP contribution in [0.5, 0.6) is 5.75 Å². The summed E-state index contributed by atoms with van der Waals surface area (Å²) < 4.78 is 6.27. The molecule has 0 aliphatic heterocycles. The van der Waals surface area contributed by atoms with Crippen molar-refractivity contribution < 1.29 is 4.74 Å². The highest BCUT2D eigenvalue weighted by Crippen LogP contribution is 2.28. The zero-order valence-corrected chi connectivity index (χ0v) is 13.5. The Labute approximate surface area is 125 Å². The Balaban J connectivity index is 1.77. The first-order valence-corrected chi connectivity index (χ1v) is 8.01. The van der Waals surface area contributed by atoms with Gasteiger partial charge in [-0.1, -0.05) is 25.8 Å². The number of hydrogen-bond acceptors (Lipinski definition) is 2. The smallest absolute Gasteiger partial charge is 0.133 e. The summed E-state index contributed by atoms with van der Waals surface area (Å²) in [5, 5.41) is 3.59. The summed E-state index contributed by atoms with van der Waals surface area (Å²) in [5.74, 6) is 2.67. The van der Waals surface area contributed by atoms with Gasteiger partial charge in [0.05, 0.1) is 11.6 Å². The lowest BCUT2D eigenvalue weighted by Crippen LogP contribution is -2.26. The fraction of sp³-hybridized carbons (Fsp3) is 0.625. The Kier molecular flexibility index (Phi) is 5.71. The summed E-state index contributed by atoms with van der Waals surface area (Å²) >= 11 is 3.53. The second kappa shape index (κ2) is 7.30. The van der Waals surface area contributed by atoms with Crippen molar-refractivity contribution in [3.63, 3.8) is 0 Å². The molecule has 2 unspecified atom stereocenters. The van der Waals surface area contributed by atoms with Gasteiger partial charge in [-0.15, -0.1) is 0 Å². The van der Waals surface area contributed by atoms with Crippen LogP contribution in [0.1, 0.15) is 38.2 Å². The SMILES string of the molecule is COc1ccc(CNCC2CCCC(C)C2)cc1Br. The van der Waals surface area contributed by atoms with Crippen molar-refractivity contribution in [2.75, 3.05) is 13.7 Å². The monoisotopic (exact) mass is 325 g/mol. The van der Waals surface area contributed by atoms with Gasteiger partial charge < -0.3 is 10.1 Å². The van der Waals surface area contributed by atoms with E-state index in [0.717, 1.165) is 35.1 Å². The minimum atomic E-state index is 0.866. The molecule has 106 valence electrons. The number of benzene rings is 1. The third kappa shape index (κ3) is 4.50. The van der Waals surface area contributed by atoms with Crippen molar-refractivity contribution >= 4 is 15.9 Å². The molecule has 3 heteroatoms. The van der Waals surface area contributed by atoms with Crippen LogP contribution >= 0.6 is 15.9 Å². The lowest BCUT2D eigenvalue weighted by atomic mass is 9.82. The molecule has 1 aromatic carbocycles. The van der Waals surface area contributed by atoms with Gasteiger partial charge in [0.2, 0.25) is 0 Å². The van der Waals surface area contributed by atoms with Crippen LogP contribution in [0, 0.1) is 11.8 Å². The summed E-state index contributed by atoms with van der Waals surface area (Å²) in [6.07, 6.45) is 5.60. The van der Waals surface area contributed by atoms with Crippen LogP contribution in [0.2, 0.25) is 0 Å². The van der Waals surface area contributed by atoms with Crippen molar-refractivity contribution in [3.05, 3.63) is 28.2 Å². The zero-order chi connectivity index (χ0) is 13.7. The Morgan fingerprint density at radius 3 is 2.89 bits per heavy atom. The van der Waals surface area contributed by atoms with E-state index >= 15 is 0 Å². The maximum atomic E-state index is 5.24. The number of hydrogen-bond donors (Lipinski definition) is 1. The quantitative estimate of drug-likeness (QED) is 0.867. The van der Waals surface area contributed by atoms with Gasteiger partial charge in [0.15, 0.2) is 0 Å². The van der Waals surface area contributed by atoms with Gasteiger partial charge in [0.25, 0.3) is 0 Å². The van der Waals surface area contributed by atoms with Crippen molar-refractivity contribution in [2.45, 2.75) is 39.2 Å². The summed E-state index contributed by atoms with van der Waals surface area (Å²) in [4.78, 5) is 0. The van der Waals surface area contributed by atoms with E-state index in [4.69, 9.17) is 4.74 Å². The minimum absolute atomic E-state index is 0.866. The van der Waals surface area contributed by atoms with Crippen LogP contribution in [0.25, 0.3) is 0 Å². The van der Waals surface area contributed by atoms with Crippen LogP contribution in [-0.4, -0.2) is 13.7 Å². The average molecular weight is 326 g/mol. The topological polar surface area (TPSA) is 21.3 Å². The molecular weight excluding hydrogens is 302 g/mol. The standard InChI is InChI=1S/C16H24BrNO/c1-12-4-3-5-13(8-12)10-18-11-14-6-7-16(19-2)15(17)9-14/h6-7,9,12-13,18H,3-5,8,10-11H2,1-2H3. The largest absolute Gasteiger partial charge is 0.496 e. The van der Waals surface area contributed by atoms with Crippen molar-refractivity contribution in [3.8, 4) is 5.75 Å². The van der Waals surface area contributed by atoms with Gasteiger partial charge in [-0.05, 0) is 64.8 Å². The lowest BCUT2D eigenvalue weighted by molar-refractivity contribution is 0.274. The first-order valence-electron chi connectivity index (χ1n) is 7.22. The van der Waals surface area contributed by atoms with Gasteiger partial charge in [-0.25, -0.2) is 0 Å². The molecule has 1 N–H and O–H groups in total. The fourth-order valence-electron chi connectivity index (χ4n) is 2.99. The first kappa shape index (κ1) is 14.9. The summed E-state index contributed by atoms with van der Waals surface area (Å²) in [6.45, 7) is 4.47. The lowest BCUT2D eigenvalue weighted by Gasteiger charge is -2.26. The third-order valence-corrected chi connectivity index (χ3v) is 4.64. The van der Waals surface area contributed by atoms with Gasteiger partial charge in [0.1, 0.15) is 5.75 Å². The second-order valence-electron chi connectivity index (χ2n) is 5.74. The van der Waals surface area contributed by atoms with E-state index in [2.05, 4.69) is 40.3 Å². The van der Waals surface area contributed by atoms with Gasteiger partial charge in [-0.2, -0.15) is 0 Å². The molecule has 0 spiro atoms. The van der Waals surface area contributed by atoms with E-state index in [9.17, 15) is 0 Å². The summed E-state index contributed by atoms with van der Waals surface area (Å²) in [6, 6.07) is 6.28. The van der Waals surface area contributed by atoms with Crippen molar-refractivity contribution in [1.29, 1.82) is 0 Å². The van der Waals surface area contributed by atoms with Gasteiger partial charge in [-0.3, -0.25) is 0 Å². The average Bonchev–Trinajstić information content (AvgIpc) is 2.39. The molecule has 0 aromatic heterocycles. The van der Waals surface area contributed by atoms with E-state index in [1.807, 2.05) is 6.07 Å². The van der Waals surface area contributed by atoms with Crippen LogP contribution in [0.4, 0.5) is 0 Å². The molecule has 1 fully saturated rings. The number of ether oxygens (including phenoxy) is 1. The van der Waals surface area contributed by atoms with E-state index in [1.165, 1.54) is 31.2 Å². The molecule has 1 aliphatic carbocycles. The Hall–Kier alpha value is -0.540. The molecule has 2 nitrogen and oxygen atoms in total. The molecule has 0 bridgehead atoms. The molecule has 0 heterocycles. The molecule has 1 saturated carbocycles. The van der Waals surface area contributed by atoms with Crippen molar-refractivity contribution in [1.82, 2.24) is 5.32 Å². The number of halogens is 1. The van der Waals surface area contributed by atoms with Crippen LogP contribution in [0.3, 0.4) is 0 Å². The predicted molar refractivity (Wildman–Crippen MR) is 83.5 cm³/mol. The van der Waals surface area contributed by atoms with E-state index < -0.39 is 0 Å². The molecule has 1 aromatic rings. The van der Waals surface area contributed by atoms with Gasteiger partial charge in [0, 0.05) is 6.54 Å². The number of rotatable bonds is 5. The molecule has 0 amide bonds. The highest BCUT2D eigenvalue weighted by atomic mass is 79.9. The van der Waals surface area contributed by atoms with Crippen molar-refractivity contribution in [2.24, 2.45) is 11.8 Å².